The predicted molar refractivity (Wildman–Crippen MR) is 115 cm³/mol. The molecule has 0 aliphatic heterocycles. The fourth-order valence-electron chi connectivity index (χ4n) is 2.95. The number of carbonyl (C=O) groups excluding carboxylic acids is 2. The van der Waals surface area contributed by atoms with Crippen molar-refractivity contribution in [1.29, 1.82) is 0 Å². The molecule has 3 rings (SSSR count). The quantitative estimate of drug-likeness (QED) is 0.634. The number of para-hydroxylation sites is 1. The number of hydrogen-bond acceptors (Lipinski definition) is 5. The average Bonchev–Trinajstić information content (AvgIpc) is 2.72. The summed E-state index contributed by atoms with van der Waals surface area (Å²) in [4.78, 5) is 40.6. The van der Waals surface area contributed by atoms with E-state index < -0.39 is 11.9 Å². The Kier molecular flexibility index (Phi) is 6.30. The fourth-order valence-corrected chi connectivity index (χ4v) is 2.95. The van der Waals surface area contributed by atoms with E-state index in [9.17, 15) is 14.4 Å². The van der Waals surface area contributed by atoms with Crippen molar-refractivity contribution in [2.24, 2.45) is 0 Å². The van der Waals surface area contributed by atoms with Crippen molar-refractivity contribution >= 4 is 28.5 Å². The fraction of sp³-hybridized carbons (Fsp3) is 0.304. The zero-order valence-electron chi connectivity index (χ0n) is 17.3. The first-order chi connectivity index (χ1) is 14.2. The van der Waals surface area contributed by atoms with Crippen LogP contribution in [0.1, 0.15) is 32.8 Å². The van der Waals surface area contributed by atoms with E-state index >= 15 is 0 Å². The Hall–Kier alpha value is -3.48. The van der Waals surface area contributed by atoms with Gasteiger partial charge in [0.25, 0.3) is 11.5 Å². The topological polar surface area (TPSA) is 90.3 Å². The van der Waals surface area contributed by atoms with Gasteiger partial charge in [0.1, 0.15) is 0 Å². The van der Waals surface area contributed by atoms with E-state index in [0.29, 0.717) is 16.6 Å². The molecule has 1 heterocycles. The Morgan fingerprint density at radius 3 is 2.47 bits per heavy atom. The largest absolute Gasteiger partial charge is 0.456 e. The SMILES string of the molecule is CC(C)(C)c1ccc(NC(=O)COC(=O)CCn2cnc3ccccc3c2=O)cc1. The zero-order valence-corrected chi connectivity index (χ0v) is 17.3. The minimum atomic E-state index is -0.562. The molecule has 0 unspecified atom stereocenters. The molecule has 0 bridgehead atoms. The minimum absolute atomic E-state index is 0.0284. The summed E-state index contributed by atoms with van der Waals surface area (Å²) >= 11 is 0. The third kappa shape index (κ3) is 5.31. The number of anilines is 1. The van der Waals surface area contributed by atoms with Crippen LogP contribution in [0.2, 0.25) is 0 Å². The summed E-state index contributed by atoms with van der Waals surface area (Å²) in [7, 11) is 0. The van der Waals surface area contributed by atoms with Crippen molar-refractivity contribution in [2.45, 2.75) is 39.2 Å². The van der Waals surface area contributed by atoms with Crippen molar-refractivity contribution < 1.29 is 14.3 Å². The van der Waals surface area contributed by atoms with Gasteiger partial charge in [-0.05, 0) is 35.2 Å². The van der Waals surface area contributed by atoms with Gasteiger partial charge in [-0.1, -0.05) is 45.0 Å². The van der Waals surface area contributed by atoms with Crippen LogP contribution in [-0.2, 0) is 26.3 Å². The molecule has 7 heteroatoms. The maximum absolute atomic E-state index is 12.4. The zero-order chi connectivity index (χ0) is 21.7. The molecule has 3 aromatic rings. The Balaban J connectivity index is 1.48. The summed E-state index contributed by atoms with van der Waals surface area (Å²) in [5.74, 6) is -0.982. The molecule has 0 aliphatic rings. The maximum Gasteiger partial charge on any atom is 0.308 e. The van der Waals surface area contributed by atoms with E-state index in [0.717, 1.165) is 5.56 Å². The van der Waals surface area contributed by atoms with Crippen LogP contribution in [0.4, 0.5) is 5.69 Å². The minimum Gasteiger partial charge on any atom is -0.456 e. The monoisotopic (exact) mass is 407 g/mol. The number of benzene rings is 2. The third-order valence-corrected chi connectivity index (χ3v) is 4.69. The number of amides is 1. The second-order valence-corrected chi connectivity index (χ2v) is 8.05. The van der Waals surface area contributed by atoms with E-state index in [1.54, 1.807) is 24.3 Å². The van der Waals surface area contributed by atoms with Crippen LogP contribution >= 0.6 is 0 Å². The number of rotatable bonds is 6. The summed E-state index contributed by atoms with van der Waals surface area (Å²) < 4.78 is 6.38. The van der Waals surface area contributed by atoms with E-state index in [2.05, 4.69) is 31.1 Å². The van der Waals surface area contributed by atoms with E-state index in [-0.39, 0.29) is 30.5 Å². The highest BCUT2D eigenvalue weighted by atomic mass is 16.5. The molecule has 1 aromatic heterocycles. The highest BCUT2D eigenvalue weighted by Gasteiger charge is 2.14. The van der Waals surface area contributed by atoms with Gasteiger partial charge in [-0.15, -0.1) is 0 Å². The molecule has 0 spiro atoms. The average molecular weight is 407 g/mol. The maximum atomic E-state index is 12.4. The van der Waals surface area contributed by atoms with Crippen LogP contribution in [0.5, 0.6) is 0 Å². The second-order valence-electron chi connectivity index (χ2n) is 8.05. The Morgan fingerprint density at radius 1 is 1.07 bits per heavy atom. The first-order valence-electron chi connectivity index (χ1n) is 9.74. The number of aryl methyl sites for hydroxylation is 1. The number of aromatic nitrogens is 2. The molecule has 2 aromatic carbocycles. The number of esters is 1. The predicted octanol–water partition coefficient (Wildman–Crippen LogP) is 3.27. The highest BCUT2D eigenvalue weighted by molar-refractivity contribution is 5.92. The van der Waals surface area contributed by atoms with Gasteiger partial charge in [-0.2, -0.15) is 0 Å². The van der Waals surface area contributed by atoms with Crippen molar-refractivity contribution in [3.05, 3.63) is 70.8 Å². The number of fused-ring (bicyclic) bond motifs is 1. The second kappa shape index (κ2) is 8.90. The molecule has 0 aliphatic carbocycles. The summed E-state index contributed by atoms with van der Waals surface area (Å²) in [5, 5.41) is 3.19. The lowest BCUT2D eigenvalue weighted by atomic mass is 9.87. The lowest BCUT2D eigenvalue weighted by Crippen LogP contribution is -2.24. The number of nitrogens with one attached hydrogen (secondary N) is 1. The molecular formula is C23H25N3O4. The van der Waals surface area contributed by atoms with E-state index in [4.69, 9.17) is 4.74 Å². The molecular weight excluding hydrogens is 382 g/mol. The lowest BCUT2D eigenvalue weighted by molar-refractivity contribution is -0.147. The van der Waals surface area contributed by atoms with Gasteiger partial charge in [0, 0.05) is 12.2 Å². The molecule has 1 N–H and O–H groups in total. The molecule has 0 saturated heterocycles. The van der Waals surface area contributed by atoms with Gasteiger partial charge < -0.3 is 10.1 Å². The summed E-state index contributed by atoms with van der Waals surface area (Å²) in [6.07, 6.45) is 1.37. The van der Waals surface area contributed by atoms with Gasteiger partial charge in [0.15, 0.2) is 6.61 Å². The van der Waals surface area contributed by atoms with Crippen LogP contribution in [0.15, 0.2) is 59.7 Å². The van der Waals surface area contributed by atoms with Gasteiger partial charge >= 0.3 is 5.97 Å². The molecule has 0 atom stereocenters. The number of nitrogens with zero attached hydrogens (tertiary/aromatic N) is 2. The van der Waals surface area contributed by atoms with E-state index in [1.807, 2.05) is 24.3 Å². The van der Waals surface area contributed by atoms with Crippen molar-refractivity contribution in [1.82, 2.24) is 9.55 Å². The summed E-state index contributed by atoms with van der Waals surface area (Å²) in [5.41, 5.74) is 2.21. The standard InChI is InChI=1S/C23H25N3O4/c1-23(2,3)16-8-10-17(11-9-16)25-20(27)14-30-21(28)12-13-26-15-24-19-7-5-4-6-18(19)22(26)29/h4-11,15H,12-14H2,1-3H3,(H,25,27). The Bertz CT molecular complexity index is 1110. The molecule has 0 fully saturated rings. The number of ether oxygens (including phenoxy) is 1. The molecule has 0 radical (unpaired) electrons. The van der Waals surface area contributed by atoms with Crippen LogP contribution in [0, 0.1) is 0 Å². The summed E-state index contributed by atoms with van der Waals surface area (Å²) in [6, 6.07) is 14.6. The molecule has 1 amide bonds. The number of hydrogen-bond donors (Lipinski definition) is 1. The molecule has 156 valence electrons. The number of carbonyl (C=O) groups is 2. The summed E-state index contributed by atoms with van der Waals surface area (Å²) in [6.45, 7) is 6.09. The first kappa shape index (κ1) is 21.2. The van der Waals surface area contributed by atoms with Crippen molar-refractivity contribution in [3.63, 3.8) is 0 Å². The van der Waals surface area contributed by atoms with Gasteiger partial charge in [0.2, 0.25) is 0 Å². The highest BCUT2D eigenvalue weighted by Crippen LogP contribution is 2.23. The van der Waals surface area contributed by atoms with E-state index in [1.165, 1.54) is 10.9 Å². The Labute approximate surface area is 174 Å². The first-order valence-corrected chi connectivity index (χ1v) is 9.74. The van der Waals surface area contributed by atoms with Gasteiger partial charge in [-0.3, -0.25) is 19.0 Å². The van der Waals surface area contributed by atoms with Gasteiger partial charge in [0.05, 0.1) is 23.7 Å². The van der Waals surface area contributed by atoms with Crippen LogP contribution in [0.25, 0.3) is 10.9 Å². The normalized spacial score (nSPS) is 11.3. The molecule has 0 saturated carbocycles. The van der Waals surface area contributed by atoms with Crippen molar-refractivity contribution in [3.8, 4) is 0 Å². The van der Waals surface area contributed by atoms with Gasteiger partial charge in [-0.25, -0.2) is 4.98 Å². The van der Waals surface area contributed by atoms with Crippen LogP contribution < -0.4 is 10.9 Å². The van der Waals surface area contributed by atoms with Crippen LogP contribution in [-0.4, -0.2) is 28.0 Å². The lowest BCUT2D eigenvalue weighted by Gasteiger charge is -2.19. The smallest absolute Gasteiger partial charge is 0.308 e. The molecule has 7 nitrogen and oxygen atoms in total. The third-order valence-electron chi connectivity index (χ3n) is 4.69. The Morgan fingerprint density at radius 2 is 1.77 bits per heavy atom. The van der Waals surface area contributed by atoms with Crippen LogP contribution in [0.3, 0.4) is 0 Å². The van der Waals surface area contributed by atoms with Crippen molar-refractivity contribution in [2.75, 3.05) is 11.9 Å². The molecule has 30 heavy (non-hydrogen) atoms.